The fraction of sp³-hybridized carbons (Fsp3) is 0.379. The number of methoxy groups -OCH3 is 1. The molecule has 184 valence electrons. The van der Waals surface area contributed by atoms with Crippen molar-refractivity contribution >= 4 is 23.6 Å². The highest BCUT2D eigenvalue weighted by Crippen LogP contribution is 2.65. The maximum Gasteiger partial charge on any atom is 0.330 e. The number of allylic oxidation sites excluding steroid dienone is 2. The Kier molecular flexibility index (Phi) is 5.51. The summed E-state index contributed by atoms with van der Waals surface area (Å²) in [6.07, 6.45) is 5.42. The molecule has 2 amide bonds. The van der Waals surface area contributed by atoms with Gasteiger partial charge >= 0.3 is 5.97 Å². The molecule has 2 saturated carbocycles. The Balaban J connectivity index is 1.23. The third-order valence-electron chi connectivity index (χ3n) is 8.31. The predicted molar refractivity (Wildman–Crippen MR) is 129 cm³/mol. The minimum Gasteiger partial charge on any atom is -0.497 e. The van der Waals surface area contributed by atoms with E-state index in [-0.39, 0.29) is 35.9 Å². The number of benzene rings is 2. The number of hydrogen-bond donors (Lipinski definition) is 0. The first kappa shape index (κ1) is 22.7. The van der Waals surface area contributed by atoms with Crippen molar-refractivity contribution < 1.29 is 28.7 Å². The van der Waals surface area contributed by atoms with Crippen LogP contribution in [0.1, 0.15) is 22.3 Å². The molecule has 36 heavy (non-hydrogen) atoms. The molecule has 2 aromatic carbocycles. The Morgan fingerprint density at radius 2 is 1.53 bits per heavy atom. The van der Waals surface area contributed by atoms with E-state index in [2.05, 4.69) is 12.2 Å². The first-order valence-corrected chi connectivity index (χ1v) is 12.4. The van der Waals surface area contributed by atoms with Gasteiger partial charge in [-0.05, 0) is 59.9 Å². The quantitative estimate of drug-likeness (QED) is 0.247. The molecule has 4 aliphatic carbocycles. The Labute approximate surface area is 209 Å². The second-order valence-corrected chi connectivity index (χ2v) is 10.2. The second-order valence-electron chi connectivity index (χ2n) is 10.2. The van der Waals surface area contributed by atoms with E-state index in [4.69, 9.17) is 9.47 Å². The van der Waals surface area contributed by atoms with Crippen LogP contribution < -0.4 is 4.74 Å². The van der Waals surface area contributed by atoms with Crippen molar-refractivity contribution in [3.63, 3.8) is 0 Å². The van der Waals surface area contributed by atoms with Gasteiger partial charge < -0.3 is 9.47 Å². The smallest absolute Gasteiger partial charge is 0.330 e. The van der Waals surface area contributed by atoms with Crippen molar-refractivity contribution in [2.75, 3.05) is 13.7 Å². The first-order chi connectivity index (χ1) is 17.5. The van der Waals surface area contributed by atoms with E-state index in [1.165, 1.54) is 7.11 Å². The maximum absolute atomic E-state index is 13.6. The monoisotopic (exact) mass is 485 g/mol. The van der Waals surface area contributed by atoms with Gasteiger partial charge in [-0.1, -0.05) is 42.5 Å². The number of imide groups is 1. The summed E-state index contributed by atoms with van der Waals surface area (Å²) < 4.78 is 10.5. The van der Waals surface area contributed by atoms with Crippen LogP contribution in [0.5, 0.6) is 5.75 Å². The molecular weight excluding hydrogens is 458 g/mol. The van der Waals surface area contributed by atoms with Crippen LogP contribution in [0.4, 0.5) is 0 Å². The fourth-order valence-corrected chi connectivity index (χ4v) is 6.50. The van der Waals surface area contributed by atoms with E-state index in [9.17, 15) is 19.2 Å². The first-order valence-electron chi connectivity index (χ1n) is 12.4. The number of amides is 2. The summed E-state index contributed by atoms with van der Waals surface area (Å²) in [4.78, 5) is 54.5. The summed E-state index contributed by atoms with van der Waals surface area (Å²) in [5.41, 5.74) is 1.18. The van der Waals surface area contributed by atoms with Crippen LogP contribution in [-0.4, -0.2) is 48.2 Å². The van der Waals surface area contributed by atoms with Crippen molar-refractivity contribution in [1.82, 2.24) is 4.90 Å². The molecule has 0 aromatic heterocycles. The van der Waals surface area contributed by atoms with E-state index in [0.29, 0.717) is 23.1 Å². The van der Waals surface area contributed by atoms with Crippen molar-refractivity contribution in [2.45, 2.75) is 18.9 Å². The number of ether oxygens (including phenoxy) is 2. The van der Waals surface area contributed by atoms with Gasteiger partial charge in [0.1, 0.15) is 11.8 Å². The molecule has 7 rings (SSSR count). The van der Waals surface area contributed by atoms with Gasteiger partial charge in [-0.25, -0.2) is 4.79 Å². The Morgan fingerprint density at radius 1 is 0.917 bits per heavy atom. The van der Waals surface area contributed by atoms with Crippen LogP contribution in [-0.2, 0) is 25.5 Å². The van der Waals surface area contributed by atoms with Crippen LogP contribution in [0.15, 0.2) is 66.7 Å². The lowest BCUT2D eigenvalue weighted by atomic mass is 9.63. The number of hydrogen-bond acceptors (Lipinski definition) is 6. The second kappa shape index (κ2) is 8.73. The highest BCUT2D eigenvalue weighted by atomic mass is 16.5. The molecule has 7 unspecified atom stereocenters. The molecule has 0 spiro atoms. The number of carbonyl (C=O) groups excluding carboxylic acids is 4. The molecule has 0 N–H and O–H groups in total. The van der Waals surface area contributed by atoms with Crippen LogP contribution in [0, 0.1) is 35.5 Å². The number of ketones is 1. The molecule has 7 heteroatoms. The molecule has 5 aliphatic rings. The summed E-state index contributed by atoms with van der Waals surface area (Å²) in [6.45, 7) is -0.476. The normalized spacial score (nSPS) is 30.0. The molecule has 0 radical (unpaired) electrons. The minimum absolute atomic E-state index is 0.0662. The van der Waals surface area contributed by atoms with E-state index < -0.39 is 30.5 Å². The average molecular weight is 486 g/mol. The fourth-order valence-electron chi connectivity index (χ4n) is 6.50. The van der Waals surface area contributed by atoms with Crippen LogP contribution >= 0.6 is 0 Å². The highest BCUT2D eigenvalue weighted by molar-refractivity contribution is 6.09. The Hall–Kier alpha value is -3.74. The summed E-state index contributed by atoms with van der Waals surface area (Å²) in [7, 11) is 1.53. The van der Waals surface area contributed by atoms with Gasteiger partial charge in [-0.3, -0.25) is 19.3 Å². The molecular formula is C29H27NO6. The largest absolute Gasteiger partial charge is 0.497 e. The van der Waals surface area contributed by atoms with Crippen molar-refractivity contribution in [3.05, 3.63) is 77.9 Å². The van der Waals surface area contributed by atoms with E-state index in [0.717, 1.165) is 16.9 Å². The molecule has 7 nitrogen and oxygen atoms in total. The number of nitrogens with zero attached hydrogens (tertiary/aromatic N) is 1. The molecule has 1 heterocycles. The van der Waals surface area contributed by atoms with Crippen molar-refractivity contribution in [2.24, 2.45) is 35.5 Å². The molecule has 7 atom stereocenters. The van der Waals surface area contributed by atoms with Gasteiger partial charge in [0.15, 0.2) is 12.4 Å². The predicted octanol–water partition coefficient (Wildman–Crippen LogP) is 3.09. The number of esters is 1. The maximum atomic E-state index is 13.6. The summed E-state index contributed by atoms with van der Waals surface area (Å²) in [6, 6.07) is 14.6. The zero-order valence-corrected chi connectivity index (χ0v) is 19.9. The van der Waals surface area contributed by atoms with Crippen LogP contribution in [0.25, 0.3) is 0 Å². The van der Waals surface area contributed by atoms with E-state index in [1.54, 1.807) is 24.3 Å². The van der Waals surface area contributed by atoms with Crippen LogP contribution in [0.3, 0.4) is 0 Å². The number of rotatable bonds is 8. The third-order valence-corrected chi connectivity index (χ3v) is 8.31. The summed E-state index contributed by atoms with van der Waals surface area (Å²) >= 11 is 0. The van der Waals surface area contributed by atoms with Crippen LogP contribution in [0.2, 0.25) is 0 Å². The summed E-state index contributed by atoms with van der Waals surface area (Å²) in [5.74, 6) is -0.798. The lowest BCUT2D eigenvalue weighted by Crippen LogP contribution is -2.48. The highest BCUT2D eigenvalue weighted by Gasteiger charge is 2.68. The number of Topliss-reactive ketones (excluding diaryl/α,β-unsaturated/α-hetero) is 1. The van der Waals surface area contributed by atoms with E-state index >= 15 is 0 Å². The Bertz CT molecular complexity index is 1220. The van der Waals surface area contributed by atoms with Gasteiger partial charge in [-0.2, -0.15) is 0 Å². The zero-order valence-electron chi connectivity index (χ0n) is 19.9. The number of likely N-dealkylation sites (tertiary alicyclic amines) is 1. The number of carbonyl (C=O) groups is 4. The molecule has 1 saturated heterocycles. The standard InChI is InChI=1S/C29H27NO6/c1-35-18-9-7-17(8-10-18)24(31)15-36-29(34)23(13-16-5-3-2-4-6-16)30-27(32)25-19-11-12-20(22-14-21(19)22)26(25)28(30)33/h2-12,19-23,25-26H,13-15H2,1H3. The summed E-state index contributed by atoms with van der Waals surface area (Å²) in [5, 5.41) is 0. The van der Waals surface area contributed by atoms with Crippen molar-refractivity contribution in [1.29, 1.82) is 0 Å². The molecule has 2 aromatic rings. The Morgan fingerprint density at radius 3 is 2.11 bits per heavy atom. The zero-order chi connectivity index (χ0) is 25.0. The topological polar surface area (TPSA) is 90.0 Å². The van der Waals surface area contributed by atoms with Gasteiger partial charge in [0, 0.05) is 12.0 Å². The lowest BCUT2D eigenvalue weighted by molar-refractivity contribution is -0.158. The SMILES string of the molecule is COc1ccc(C(=O)COC(=O)C(Cc2ccccc2)N2C(=O)C3C4C=CC(C5CC45)C3C2=O)cc1. The molecule has 1 aliphatic heterocycles. The minimum atomic E-state index is -1.11. The van der Waals surface area contributed by atoms with Gasteiger partial charge in [-0.15, -0.1) is 0 Å². The van der Waals surface area contributed by atoms with Crippen molar-refractivity contribution in [3.8, 4) is 5.75 Å². The van der Waals surface area contributed by atoms with E-state index in [1.807, 2.05) is 30.3 Å². The molecule has 2 bridgehead atoms. The van der Waals surface area contributed by atoms with Gasteiger partial charge in [0.25, 0.3) is 0 Å². The van der Waals surface area contributed by atoms with Gasteiger partial charge in [0.2, 0.25) is 11.8 Å². The van der Waals surface area contributed by atoms with Gasteiger partial charge in [0.05, 0.1) is 18.9 Å². The third kappa shape index (κ3) is 3.65. The average Bonchev–Trinajstić information content (AvgIpc) is 3.70. The lowest BCUT2D eigenvalue weighted by Gasteiger charge is -2.37. The molecule has 3 fully saturated rings.